The van der Waals surface area contributed by atoms with E-state index in [9.17, 15) is 4.79 Å². The normalized spacial score (nSPS) is 10.8. The predicted octanol–water partition coefficient (Wildman–Crippen LogP) is 4.59. The molecule has 0 aliphatic carbocycles. The minimum absolute atomic E-state index is 0.0622. The van der Waals surface area contributed by atoms with Gasteiger partial charge in [0, 0.05) is 22.8 Å². The molecule has 1 amide bonds. The molecule has 0 aliphatic heterocycles. The summed E-state index contributed by atoms with van der Waals surface area (Å²) in [6.07, 6.45) is 0. The van der Waals surface area contributed by atoms with Gasteiger partial charge in [-0.05, 0) is 37.1 Å². The zero-order valence-electron chi connectivity index (χ0n) is 14.8. The molecule has 0 saturated heterocycles. The van der Waals surface area contributed by atoms with Crippen LogP contribution < -0.4 is 5.32 Å². The topological polar surface area (TPSA) is 59.8 Å². The number of rotatable bonds is 5. The zero-order valence-corrected chi connectivity index (χ0v) is 17.2. The fraction of sp³-hybridized carbons (Fsp3) is 0.211. The van der Waals surface area contributed by atoms with Gasteiger partial charge in [0.05, 0.1) is 5.75 Å². The molecule has 1 N–H and O–H groups in total. The first-order valence-corrected chi connectivity index (χ1v) is 9.88. The summed E-state index contributed by atoms with van der Waals surface area (Å²) < 4.78 is 2.91. The number of halogens is 1. The van der Waals surface area contributed by atoms with E-state index >= 15 is 0 Å². The minimum Gasteiger partial charge on any atom is -0.325 e. The molecular formula is C19H19BrN4OS. The Morgan fingerprint density at radius 1 is 1.15 bits per heavy atom. The van der Waals surface area contributed by atoms with Gasteiger partial charge in [0.2, 0.25) is 5.91 Å². The van der Waals surface area contributed by atoms with E-state index in [2.05, 4.69) is 31.4 Å². The van der Waals surface area contributed by atoms with Crippen LogP contribution in [0.15, 0.2) is 52.1 Å². The lowest BCUT2D eigenvalue weighted by atomic mass is 10.1. The van der Waals surface area contributed by atoms with E-state index in [0.717, 1.165) is 32.7 Å². The van der Waals surface area contributed by atoms with E-state index < -0.39 is 0 Å². The molecule has 0 unspecified atom stereocenters. The number of benzene rings is 2. The fourth-order valence-electron chi connectivity index (χ4n) is 2.69. The summed E-state index contributed by atoms with van der Waals surface area (Å²) in [5, 5.41) is 12.2. The number of hydrogen-bond acceptors (Lipinski definition) is 4. The van der Waals surface area contributed by atoms with Crippen molar-refractivity contribution in [1.82, 2.24) is 14.8 Å². The summed E-state index contributed by atoms with van der Waals surface area (Å²) in [5.41, 5.74) is 3.92. The van der Waals surface area contributed by atoms with Crippen LogP contribution >= 0.6 is 27.7 Å². The summed E-state index contributed by atoms with van der Waals surface area (Å²) >= 11 is 4.84. The van der Waals surface area contributed by atoms with E-state index in [1.54, 1.807) is 0 Å². The quantitative estimate of drug-likeness (QED) is 0.601. The number of carbonyl (C=O) groups excluding carboxylic acids is 1. The third kappa shape index (κ3) is 4.16. The van der Waals surface area contributed by atoms with Crippen LogP contribution in [0.5, 0.6) is 0 Å². The highest BCUT2D eigenvalue weighted by Crippen LogP contribution is 2.26. The molecule has 3 rings (SSSR count). The average molecular weight is 431 g/mol. The lowest BCUT2D eigenvalue weighted by molar-refractivity contribution is -0.113. The molecule has 26 heavy (non-hydrogen) atoms. The highest BCUT2D eigenvalue weighted by Gasteiger charge is 2.14. The highest BCUT2D eigenvalue weighted by atomic mass is 79.9. The summed E-state index contributed by atoms with van der Waals surface area (Å²) in [7, 11) is 1.91. The molecule has 3 aromatic rings. The number of thioether (sulfide) groups is 1. The molecule has 0 aliphatic rings. The molecule has 0 bridgehead atoms. The number of carbonyl (C=O) groups is 1. The smallest absolute Gasteiger partial charge is 0.234 e. The van der Waals surface area contributed by atoms with Crippen molar-refractivity contribution in [3.63, 3.8) is 0 Å². The van der Waals surface area contributed by atoms with Gasteiger partial charge in [-0.1, -0.05) is 58.0 Å². The van der Waals surface area contributed by atoms with Crippen LogP contribution in [0.4, 0.5) is 5.69 Å². The third-order valence-electron chi connectivity index (χ3n) is 3.96. The van der Waals surface area contributed by atoms with E-state index in [1.165, 1.54) is 11.8 Å². The van der Waals surface area contributed by atoms with Crippen molar-refractivity contribution >= 4 is 39.3 Å². The monoisotopic (exact) mass is 430 g/mol. The maximum atomic E-state index is 12.4. The van der Waals surface area contributed by atoms with Gasteiger partial charge in [-0.15, -0.1) is 10.2 Å². The largest absolute Gasteiger partial charge is 0.325 e. The second-order valence-corrected chi connectivity index (χ2v) is 7.84. The maximum absolute atomic E-state index is 12.4. The number of anilines is 1. The molecule has 0 radical (unpaired) electrons. The van der Waals surface area contributed by atoms with Crippen LogP contribution in [0.25, 0.3) is 11.4 Å². The van der Waals surface area contributed by atoms with Crippen molar-refractivity contribution in [1.29, 1.82) is 0 Å². The van der Waals surface area contributed by atoms with Crippen molar-refractivity contribution in [2.45, 2.75) is 19.0 Å². The lowest BCUT2D eigenvalue weighted by Gasteiger charge is -2.12. The number of aromatic nitrogens is 3. The Balaban J connectivity index is 1.67. The van der Waals surface area contributed by atoms with Crippen LogP contribution in [0.1, 0.15) is 11.1 Å². The second kappa shape index (κ2) is 8.05. The Kier molecular flexibility index (Phi) is 5.78. The Bertz CT molecular complexity index is 917. The fourth-order valence-corrected chi connectivity index (χ4v) is 4.09. The lowest BCUT2D eigenvalue weighted by Crippen LogP contribution is -2.16. The van der Waals surface area contributed by atoms with Crippen molar-refractivity contribution in [2.24, 2.45) is 7.05 Å². The van der Waals surface area contributed by atoms with Gasteiger partial charge in [-0.3, -0.25) is 4.79 Å². The van der Waals surface area contributed by atoms with E-state index in [1.807, 2.05) is 67.9 Å². The highest BCUT2D eigenvalue weighted by molar-refractivity contribution is 9.10. The molecule has 0 fully saturated rings. The van der Waals surface area contributed by atoms with Gasteiger partial charge in [0.1, 0.15) is 0 Å². The molecule has 0 atom stereocenters. The van der Waals surface area contributed by atoms with Crippen LogP contribution in [-0.2, 0) is 11.8 Å². The van der Waals surface area contributed by atoms with Crippen LogP contribution in [0, 0.1) is 13.8 Å². The van der Waals surface area contributed by atoms with Crippen molar-refractivity contribution in [3.05, 3.63) is 58.1 Å². The Labute approximate surface area is 165 Å². The van der Waals surface area contributed by atoms with Crippen molar-refractivity contribution in [2.75, 3.05) is 11.1 Å². The maximum Gasteiger partial charge on any atom is 0.234 e. The zero-order chi connectivity index (χ0) is 18.7. The SMILES string of the molecule is Cc1cc(Br)cc(C)c1NC(=O)CSc1nnc(-c2ccccc2)n1C. The molecule has 7 heteroatoms. The van der Waals surface area contributed by atoms with Crippen molar-refractivity contribution in [3.8, 4) is 11.4 Å². The Morgan fingerprint density at radius 2 is 1.81 bits per heavy atom. The third-order valence-corrected chi connectivity index (χ3v) is 5.44. The summed E-state index contributed by atoms with van der Waals surface area (Å²) in [6, 6.07) is 13.9. The average Bonchev–Trinajstić information content (AvgIpc) is 2.98. The molecule has 134 valence electrons. The number of nitrogens with one attached hydrogen (secondary N) is 1. The second-order valence-electron chi connectivity index (χ2n) is 5.98. The molecule has 0 saturated carbocycles. The molecule has 0 spiro atoms. The van der Waals surface area contributed by atoms with Gasteiger partial charge in [-0.2, -0.15) is 0 Å². The number of nitrogens with zero attached hydrogens (tertiary/aromatic N) is 3. The van der Waals surface area contributed by atoms with E-state index in [-0.39, 0.29) is 11.7 Å². The van der Waals surface area contributed by atoms with Gasteiger partial charge >= 0.3 is 0 Å². The molecule has 2 aromatic carbocycles. The summed E-state index contributed by atoms with van der Waals surface area (Å²) in [4.78, 5) is 12.4. The number of aryl methyl sites for hydroxylation is 2. The van der Waals surface area contributed by atoms with E-state index in [0.29, 0.717) is 5.16 Å². The first-order valence-electron chi connectivity index (χ1n) is 8.10. The van der Waals surface area contributed by atoms with Crippen LogP contribution in [0.3, 0.4) is 0 Å². The molecule has 5 nitrogen and oxygen atoms in total. The molecule has 1 aromatic heterocycles. The van der Waals surface area contributed by atoms with Gasteiger partial charge in [0.25, 0.3) is 0 Å². The number of amides is 1. The number of hydrogen-bond donors (Lipinski definition) is 1. The van der Waals surface area contributed by atoms with Gasteiger partial charge in [0.15, 0.2) is 11.0 Å². The van der Waals surface area contributed by atoms with Gasteiger partial charge < -0.3 is 9.88 Å². The van der Waals surface area contributed by atoms with Crippen LogP contribution in [0.2, 0.25) is 0 Å². The minimum atomic E-state index is -0.0622. The molecule has 1 heterocycles. The Morgan fingerprint density at radius 3 is 2.46 bits per heavy atom. The summed E-state index contributed by atoms with van der Waals surface area (Å²) in [5.74, 6) is 0.997. The van der Waals surface area contributed by atoms with E-state index in [4.69, 9.17) is 0 Å². The first kappa shape index (κ1) is 18.7. The first-order chi connectivity index (χ1) is 12.5. The Hall–Kier alpha value is -2.12. The van der Waals surface area contributed by atoms with Crippen molar-refractivity contribution < 1.29 is 4.79 Å². The van der Waals surface area contributed by atoms with Gasteiger partial charge in [-0.25, -0.2) is 0 Å². The predicted molar refractivity (Wildman–Crippen MR) is 109 cm³/mol. The standard InChI is InChI=1S/C19H19BrN4OS/c1-12-9-15(20)10-13(2)17(12)21-16(25)11-26-19-23-22-18(24(19)3)14-7-5-4-6-8-14/h4-10H,11H2,1-3H3,(H,21,25). The van der Waals surface area contributed by atoms with Crippen LogP contribution in [-0.4, -0.2) is 26.4 Å². The molecular weight excluding hydrogens is 412 g/mol. The summed E-state index contributed by atoms with van der Waals surface area (Å²) in [6.45, 7) is 3.96.